The zero-order chi connectivity index (χ0) is 15.1. The van der Waals surface area contributed by atoms with Crippen molar-refractivity contribution in [3.63, 3.8) is 0 Å². The maximum absolute atomic E-state index is 13.7. The minimum Gasteiger partial charge on any atom is -0.397 e. The number of carbonyl (C=O) groups excluding carboxylic acids is 1. The molecule has 0 saturated heterocycles. The van der Waals surface area contributed by atoms with Gasteiger partial charge in [0.25, 0.3) is 5.91 Å². The number of hydrogen-bond acceptors (Lipinski definition) is 2. The van der Waals surface area contributed by atoms with Crippen LogP contribution in [0.3, 0.4) is 0 Å². The number of rotatable bonds is 3. The Morgan fingerprint density at radius 2 is 2.05 bits per heavy atom. The van der Waals surface area contributed by atoms with E-state index >= 15 is 0 Å². The van der Waals surface area contributed by atoms with Gasteiger partial charge in [0, 0.05) is 22.8 Å². The summed E-state index contributed by atoms with van der Waals surface area (Å²) in [5, 5.41) is 2.45. The first-order valence-electron chi connectivity index (χ1n) is 6.39. The third-order valence-electron chi connectivity index (χ3n) is 3.29. The maximum Gasteiger partial charge on any atom is 0.272 e. The van der Waals surface area contributed by atoms with Crippen LogP contribution in [0.15, 0.2) is 28.9 Å². The van der Waals surface area contributed by atoms with Gasteiger partial charge in [0.1, 0.15) is 11.5 Å². The average molecular weight is 356 g/mol. The largest absolute Gasteiger partial charge is 0.397 e. The number of aromatic nitrogens is 1. The Balaban J connectivity index is 1.90. The lowest BCUT2D eigenvalue weighted by Crippen LogP contribution is -2.17. The molecular weight excluding hydrogens is 344 g/mol. The van der Waals surface area contributed by atoms with Gasteiger partial charge in [-0.25, -0.2) is 8.78 Å². The Hall–Kier alpha value is -1.89. The zero-order valence-electron chi connectivity index (χ0n) is 10.9. The molecule has 1 aliphatic carbocycles. The van der Waals surface area contributed by atoms with E-state index < -0.39 is 17.5 Å². The van der Waals surface area contributed by atoms with Crippen LogP contribution in [0.1, 0.15) is 29.4 Å². The molecule has 1 heterocycles. The summed E-state index contributed by atoms with van der Waals surface area (Å²) in [7, 11) is 0. The fourth-order valence-electron chi connectivity index (χ4n) is 2.18. The molecule has 1 aliphatic rings. The smallest absolute Gasteiger partial charge is 0.272 e. The molecule has 0 unspecified atom stereocenters. The predicted molar refractivity (Wildman–Crippen MR) is 79.1 cm³/mol. The van der Waals surface area contributed by atoms with Gasteiger partial charge in [-0.05, 0) is 40.9 Å². The summed E-state index contributed by atoms with van der Waals surface area (Å²) in [6.45, 7) is 0. The summed E-state index contributed by atoms with van der Waals surface area (Å²) in [5.41, 5.74) is 6.47. The molecule has 1 amide bonds. The van der Waals surface area contributed by atoms with Crippen LogP contribution >= 0.6 is 15.9 Å². The summed E-state index contributed by atoms with van der Waals surface area (Å²) < 4.78 is 28.7. The maximum atomic E-state index is 13.7. The molecule has 3 rings (SSSR count). The molecule has 2 aromatic rings. The number of nitrogens with one attached hydrogen (secondary N) is 1. The Morgan fingerprint density at radius 3 is 2.67 bits per heavy atom. The standard InChI is InChI=1S/C14H12BrF2N3O/c15-10-3-7(16)4-11(17)13(10)19-14(21)12-5-8(18)6-20(12)9-1-2-9/h3-6,9H,1-2,18H2,(H,19,21). The van der Waals surface area contributed by atoms with Gasteiger partial charge in [0.2, 0.25) is 0 Å². The van der Waals surface area contributed by atoms with E-state index in [0.717, 1.165) is 18.9 Å². The number of halogens is 3. The Bertz CT molecular complexity index is 702. The first kappa shape index (κ1) is 14.1. The SMILES string of the molecule is Nc1cc(C(=O)Nc2c(F)cc(F)cc2Br)n(C2CC2)c1. The van der Waals surface area contributed by atoms with Gasteiger partial charge in [0.15, 0.2) is 5.82 Å². The van der Waals surface area contributed by atoms with Crippen LogP contribution < -0.4 is 11.1 Å². The van der Waals surface area contributed by atoms with Crippen molar-refractivity contribution >= 4 is 33.2 Å². The van der Waals surface area contributed by atoms with Gasteiger partial charge in [-0.1, -0.05) is 0 Å². The van der Waals surface area contributed by atoms with Gasteiger partial charge < -0.3 is 15.6 Å². The summed E-state index contributed by atoms with van der Waals surface area (Å²) in [5.74, 6) is -2.04. The van der Waals surface area contributed by atoms with E-state index in [2.05, 4.69) is 21.2 Å². The highest BCUT2D eigenvalue weighted by molar-refractivity contribution is 9.10. The summed E-state index contributed by atoms with van der Waals surface area (Å²) in [6, 6.07) is 3.62. The first-order valence-corrected chi connectivity index (χ1v) is 7.18. The molecule has 110 valence electrons. The van der Waals surface area contributed by atoms with Crippen LogP contribution in [0.25, 0.3) is 0 Å². The Morgan fingerprint density at radius 1 is 1.33 bits per heavy atom. The topological polar surface area (TPSA) is 60.1 Å². The van der Waals surface area contributed by atoms with Crippen molar-refractivity contribution in [2.75, 3.05) is 11.1 Å². The molecule has 1 aromatic carbocycles. The van der Waals surface area contributed by atoms with Crippen LogP contribution in [0, 0.1) is 11.6 Å². The highest BCUT2D eigenvalue weighted by Gasteiger charge is 2.28. The molecule has 1 saturated carbocycles. The number of nitrogen functional groups attached to an aromatic ring is 1. The number of anilines is 2. The number of nitrogens with two attached hydrogens (primary N) is 1. The molecule has 21 heavy (non-hydrogen) atoms. The van der Waals surface area contributed by atoms with E-state index in [9.17, 15) is 13.6 Å². The van der Waals surface area contributed by atoms with Crippen molar-refractivity contribution in [1.82, 2.24) is 4.57 Å². The van der Waals surface area contributed by atoms with Gasteiger partial charge in [-0.15, -0.1) is 0 Å². The molecule has 1 fully saturated rings. The number of nitrogens with zero attached hydrogens (tertiary/aromatic N) is 1. The zero-order valence-corrected chi connectivity index (χ0v) is 12.5. The van der Waals surface area contributed by atoms with Gasteiger partial charge in [-0.3, -0.25) is 4.79 Å². The van der Waals surface area contributed by atoms with E-state index in [4.69, 9.17) is 5.73 Å². The predicted octanol–water partition coefficient (Wildman–Crippen LogP) is 3.70. The van der Waals surface area contributed by atoms with Crippen LogP contribution in [-0.4, -0.2) is 10.5 Å². The Labute approximate surface area is 128 Å². The van der Waals surface area contributed by atoms with Crippen LogP contribution in [0.4, 0.5) is 20.2 Å². The van der Waals surface area contributed by atoms with E-state index in [1.165, 1.54) is 0 Å². The van der Waals surface area contributed by atoms with E-state index in [0.29, 0.717) is 17.4 Å². The second kappa shape index (κ2) is 5.14. The van der Waals surface area contributed by atoms with Crippen molar-refractivity contribution in [3.05, 3.63) is 46.2 Å². The number of benzene rings is 1. The van der Waals surface area contributed by atoms with Crippen LogP contribution in [-0.2, 0) is 0 Å². The fraction of sp³-hybridized carbons (Fsp3) is 0.214. The van der Waals surface area contributed by atoms with Gasteiger partial charge >= 0.3 is 0 Å². The molecule has 0 atom stereocenters. The Kier molecular flexibility index (Phi) is 3.44. The lowest BCUT2D eigenvalue weighted by molar-refractivity contribution is 0.101. The van der Waals surface area contributed by atoms with Crippen LogP contribution in [0.2, 0.25) is 0 Å². The molecule has 3 N–H and O–H groups in total. The van der Waals surface area contributed by atoms with E-state index in [-0.39, 0.29) is 16.2 Å². The summed E-state index contributed by atoms with van der Waals surface area (Å²) >= 11 is 3.04. The monoisotopic (exact) mass is 355 g/mol. The normalized spacial score (nSPS) is 14.2. The second-order valence-electron chi connectivity index (χ2n) is 5.00. The molecule has 0 spiro atoms. The molecule has 0 radical (unpaired) electrons. The third kappa shape index (κ3) is 2.78. The van der Waals surface area contributed by atoms with Crippen molar-refractivity contribution in [2.45, 2.75) is 18.9 Å². The number of amides is 1. The quantitative estimate of drug-likeness (QED) is 0.881. The summed E-state index contributed by atoms with van der Waals surface area (Å²) in [6.07, 6.45) is 3.68. The third-order valence-corrected chi connectivity index (χ3v) is 3.91. The molecule has 1 aromatic heterocycles. The van der Waals surface area contributed by atoms with Crippen molar-refractivity contribution in [1.29, 1.82) is 0 Å². The molecule has 0 aliphatic heterocycles. The van der Waals surface area contributed by atoms with E-state index in [1.807, 2.05) is 0 Å². The van der Waals surface area contributed by atoms with Crippen molar-refractivity contribution in [2.24, 2.45) is 0 Å². The molecular formula is C14H12BrF2N3O. The number of carbonyl (C=O) groups is 1. The first-order chi connectivity index (χ1) is 9.95. The van der Waals surface area contributed by atoms with Gasteiger partial charge in [0.05, 0.1) is 11.4 Å². The minimum atomic E-state index is -0.840. The fourth-order valence-corrected chi connectivity index (χ4v) is 2.68. The highest BCUT2D eigenvalue weighted by Crippen LogP contribution is 2.37. The molecule has 7 heteroatoms. The lowest BCUT2D eigenvalue weighted by atomic mass is 10.2. The van der Waals surface area contributed by atoms with Crippen molar-refractivity contribution < 1.29 is 13.6 Å². The lowest BCUT2D eigenvalue weighted by Gasteiger charge is -2.11. The molecule has 4 nitrogen and oxygen atoms in total. The minimum absolute atomic E-state index is 0.0940. The van der Waals surface area contributed by atoms with Gasteiger partial charge in [-0.2, -0.15) is 0 Å². The van der Waals surface area contributed by atoms with E-state index in [1.54, 1.807) is 16.8 Å². The highest BCUT2D eigenvalue weighted by atomic mass is 79.9. The number of hydrogen-bond donors (Lipinski definition) is 2. The average Bonchev–Trinajstić information content (AvgIpc) is 3.16. The second-order valence-corrected chi connectivity index (χ2v) is 5.85. The van der Waals surface area contributed by atoms with Crippen molar-refractivity contribution in [3.8, 4) is 0 Å². The van der Waals surface area contributed by atoms with Crippen LogP contribution in [0.5, 0.6) is 0 Å². The summed E-state index contributed by atoms with van der Waals surface area (Å²) in [4.78, 5) is 12.3. The molecule has 0 bridgehead atoms.